The smallest absolute Gasteiger partial charge is 0.306 e. The van der Waals surface area contributed by atoms with Crippen molar-refractivity contribution in [1.29, 1.82) is 0 Å². The monoisotopic (exact) mass is 794 g/mol. The normalized spacial score (nSPS) is 14.1. The average molecular weight is 794 g/mol. The number of carbonyl (C=O) groups excluding carboxylic acids is 2. The highest BCUT2D eigenvalue weighted by atomic mass is 16.5. The van der Waals surface area contributed by atoms with Gasteiger partial charge >= 0.3 is 5.97 Å². The first-order valence-corrected chi connectivity index (χ1v) is 23.4. The molecule has 0 spiro atoms. The third-order valence-electron chi connectivity index (χ3n) is 10.1. The molecule has 0 saturated heterocycles. The number of aliphatic hydroxyl groups excluding tert-OH is 2. The largest absolute Gasteiger partial charge is 0.462 e. The Bertz CT molecular complexity index is 1120. The number of aliphatic hydroxyl groups is 2. The van der Waals surface area contributed by atoms with Crippen molar-refractivity contribution in [2.24, 2.45) is 0 Å². The van der Waals surface area contributed by atoms with E-state index in [1.165, 1.54) is 70.6 Å². The van der Waals surface area contributed by atoms with E-state index in [4.69, 9.17) is 4.74 Å². The van der Waals surface area contributed by atoms with Crippen LogP contribution in [0.4, 0.5) is 0 Å². The number of hydrogen-bond acceptors (Lipinski definition) is 5. The van der Waals surface area contributed by atoms with E-state index < -0.39 is 18.2 Å². The fourth-order valence-corrected chi connectivity index (χ4v) is 6.56. The Kier molecular flexibility index (Phi) is 41.9. The van der Waals surface area contributed by atoms with Crippen LogP contribution in [0, 0.1) is 0 Å². The number of amides is 1. The van der Waals surface area contributed by atoms with Crippen LogP contribution < -0.4 is 5.32 Å². The fraction of sp³-hybridized carbons (Fsp3) is 0.686. The van der Waals surface area contributed by atoms with E-state index >= 15 is 0 Å². The summed E-state index contributed by atoms with van der Waals surface area (Å²) in [6, 6.07) is -0.723. The Morgan fingerprint density at radius 3 is 1.46 bits per heavy atom. The summed E-state index contributed by atoms with van der Waals surface area (Å²) in [5.41, 5.74) is 0. The maximum absolute atomic E-state index is 13.1. The van der Waals surface area contributed by atoms with E-state index in [9.17, 15) is 19.8 Å². The molecule has 0 aromatic heterocycles. The van der Waals surface area contributed by atoms with Gasteiger partial charge in [0.05, 0.1) is 25.2 Å². The molecule has 1 amide bonds. The molecule has 0 aromatic carbocycles. The SMILES string of the molecule is CC/C=C/C=C/C=C\C=C/CCCCCC(=O)OC(CCCCC/C=C/C=C/C=C/CCCCCCC)CC(=O)NC(CO)C(O)CCCCCCCCCCC. The molecule has 326 valence electrons. The number of unbranched alkanes of at least 4 members (excludes halogenated alkanes) is 19. The van der Waals surface area contributed by atoms with Crippen LogP contribution in [0.25, 0.3) is 0 Å². The minimum atomic E-state index is -0.806. The molecule has 0 aliphatic rings. The molecule has 6 nitrogen and oxygen atoms in total. The molecular formula is C51H87NO5. The Hall–Kier alpha value is -2.96. The van der Waals surface area contributed by atoms with Gasteiger partial charge in [0.25, 0.3) is 0 Å². The second kappa shape index (κ2) is 44.1. The van der Waals surface area contributed by atoms with Gasteiger partial charge in [-0.2, -0.15) is 0 Å². The zero-order valence-electron chi connectivity index (χ0n) is 36.9. The number of carbonyl (C=O) groups is 2. The molecule has 0 radical (unpaired) electrons. The summed E-state index contributed by atoms with van der Waals surface area (Å²) in [6.45, 7) is 6.27. The molecule has 0 aromatic rings. The van der Waals surface area contributed by atoms with Crippen LogP contribution in [0.1, 0.15) is 201 Å². The lowest BCUT2D eigenvalue weighted by Crippen LogP contribution is -2.46. The van der Waals surface area contributed by atoms with E-state index in [0.717, 1.165) is 83.5 Å². The number of esters is 1. The van der Waals surface area contributed by atoms with Crippen molar-refractivity contribution in [2.45, 2.75) is 219 Å². The highest BCUT2D eigenvalue weighted by molar-refractivity contribution is 5.77. The minimum absolute atomic E-state index is 0.0341. The topological polar surface area (TPSA) is 95.9 Å². The van der Waals surface area contributed by atoms with Crippen LogP contribution in [0.15, 0.2) is 85.1 Å². The van der Waals surface area contributed by atoms with Crippen molar-refractivity contribution >= 4 is 11.9 Å². The molecule has 3 N–H and O–H groups in total. The Morgan fingerprint density at radius 2 is 0.947 bits per heavy atom. The van der Waals surface area contributed by atoms with Crippen molar-refractivity contribution < 1.29 is 24.5 Å². The summed E-state index contributed by atoms with van der Waals surface area (Å²) >= 11 is 0. The molecule has 0 saturated carbocycles. The van der Waals surface area contributed by atoms with Crippen molar-refractivity contribution in [1.82, 2.24) is 5.32 Å². The van der Waals surface area contributed by atoms with Gasteiger partial charge in [0.1, 0.15) is 6.10 Å². The van der Waals surface area contributed by atoms with Gasteiger partial charge in [0.2, 0.25) is 5.91 Å². The number of rotatable bonds is 40. The Labute approximate surface area is 351 Å². The van der Waals surface area contributed by atoms with Crippen LogP contribution in [-0.2, 0) is 14.3 Å². The zero-order valence-corrected chi connectivity index (χ0v) is 36.9. The minimum Gasteiger partial charge on any atom is -0.462 e. The molecule has 0 fully saturated rings. The van der Waals surface area contributed by atoms with Gasteiger partial charge in [-0.25, -0.2) is 0 Å². The van der Waals surface area contributed by atoms with E-state index in [1.807, 2.05) is 30.4 Å². The first-order chi connectivity index (χ1) is 28.0. The second-order valence-electron chi connectivity index (χ2n) is 15.6. The summed E-state index contributed by atoms with van der Waals surface area (Å²) in [4.78, 5) is 26.0. The quantitative estimate of drug-likeness (QED) is 0.0326. The van der Waals surface area contributed by atoms with Gasteiger partial charge < -0.3 is 20.3 Å². The van der Waals surface area contributed by atoms with Crippen molar-refractivity contribution in [3.05, 3.63) is 85.1 Å². The molecular weight excluding hydrogens is 707 g/mol. The van der Waals surface area contributed by atoms with Crippen LogP contribution in [-0.4, -0.2) is 46.9 Å². The number of nitrogens with one attached hydrogen (secondary N) is 1. The highest BCUT2D eigenvalue weighted by Gasteiger charge is 2.24. The van der Waals surface area contributed by atoms with Gasteiger partial charge in [-0.05, 0) is 70.6 Å². The lowest BCUT2D eigenvalue weighted by Gasteiger charge is -2.24. The molecule has 0 aliphatic carbocycles. The van der Waals surface area contributed by atoms with E-state index in [2.05, 4.69) is 80.8 Å². The molecule has 0 aliphatic heterocycles. The van der Waals surface area contributed by atoms with Gasteiger partial charge in [-0.15, -0.1) is 0 Å². The van der Waals surface area contributed by atoms with Crippen LogP contribution in [0.5, 0.6) is 0 Å². The van der Waals surface area contributed by atoms with Crippen LogP contribution in [0.3, 0.4) is 0 Å². The predicted octanol–water partition coefficient (Wildman–Crippen LogP) is 13.6. The second-order valence-corrected chi connectivity index (χ2v) is 15.6. The van der Waals surface area contributed by atoms with Crippen molar-refractivity contribution in [3.8, 4) is 0 Å². The van der Waals surface area contributed by atoms with E-state index in [-0.39, 0.29) is 24.9 Å². The number of ether oxygens (including phenoxy) is 1. The fourth-order valence-electron chi connectivity index (χ4n) is 6.56. The molecule has 6 heteroatoms. The summed E-state index contributed by atoms with van der Waals surface area (Å²) in [7, 11) is 0. The van der Waals surface area contributed by atoms with E-state index in [0.29, 0.717) is 19.3 Å². The summed E-state index contributed by atoms with van der Waals surface area (Å²) in [6.07, 6.45) is 56.4. The Morgan fingerprint density at radius 1 is 0.526 bits per heavy atom. The first kappa shape index (κ1) is 54.0. The molecule has 0 bridgehead atoms. The summed E-state index contributed by atoms with van der Waals surface area (Å²) < 4.78 is 5.87. The first-order valence-electron chi connectivity index (χ1n) is 23.4. The van der Waals surface area contributed by atoms with Gasteiger partial charge in [0, 0.05) is 6.42 Å². The third kappa shape index (κ3) is 39.6. The average Bonchev–Trinajstić information content (AvgIpc) is 3.20. The van der Waals surface area contributed by atoms with Gasteiger partial charge in [-0.1, -0.05) is 202 Å². The summed E-state index contributed by atoms with van der Waals surface area (Å²) in [5.74, 6) is -0.563. The molecule has 3 unspecified atom stereocenters. The lowest BCUT2D eigenvalue weighted by atomic mass is 10.0. The van der Waals surface area contributed by atoms with Crippen LogP contribution >= 0.6 is 0 Å². The zero-order chi connectivity index (χ0) is 41.7. The standard InChI is InChI=1S/C51H87NO5/c1-4-7-10-13-16-19-21-23-24-25-27-28-31-33-36-39-42-47(57-51(56)44-41-38-35-32-29-26-22-20-17-14-11-8-5-2)45-50(55)52-48(46-53)49(54)43-40-37-34-30-18-15-12-9-6-3/h8,11,14,17,20-29,47-49,53-54H,4-7,9-10,12-13,15-16,18-19,30-46H2,1-3H3,(H,52,55)/b11-8+,17-14+,22-20-,23-21+,25-24+,28-27+,29-26-. The number of hydrogen-bond donors (Lipinski definition) is 3. The maximum atomic E-state index is 13.1. The summed E-state index contributed by atoms with van der Waals surface area (Å²) in [5, 5.41) is 23.6. The predicted molar refractivity (Wildman–Crippen MR) is 245 cm³/mol. The molecule has 57 heavy (non-hydrogen) atoms. The molecule has 3 atom stereocenters. The maximum Gasteiger partial charge on any atom is 0.306 e. The third-order valence-corrected chi connectivity index (χ3v) is 10.1. The number of allylic oxidation sites excluding steroid dienone is 14. The Balaban J connectivity index is 4.78. The van der Waals surface area contributed by atoms with Gasteiger partial charge in [0.15, 0.2) is 0 Å². The van der Waals surface area contributed by atoms with Crippen molar-refractivity contribution in [2.75, 3.05) is 6.61 Å². The van der Waals surface area contributed by atoms with Crippen molar-refractivity contribution in [3.63, 3.8) is 0 Å². The van der Waals surface area contributed by atoms with Crippen LogP contribution in [0.2, 0.25) is 0 Å². The van der Waals surface area contributed by atoms with E-state index in [1.54, 1.807) is 0 Å². The molecule has 0 heterocycles. The molecule has 0 rings (SSSR count). The van der Waals surface area contributed by atoms with Gasteiger partial charge in [-0.3, -0.25) is 9.59 Å². The lowest BCUT2D eigenvalue weighted by molar-refractivity contribution is -0.151. The highest BCUT2D eigenvalue weighted by Crippen LogP contribution is 2.16.